The lowest BCUT2D eigenvalue weighted by molar-refractivity contribution is 0.0757. The molecule has 8 heteroatoms. The van der Waals surface area contributed by atoms with E-state index in [1.807, 2.05) is 0 Å². The van der Waals surface area contributed by atoms with Crippen molar-refractivity contribution in [2.45, 2.75) is 6.61 Å². The van der Waals surface area contributed by atoms with E-state index in [1.165, 1.54) is 28.4 Å². The van der Waals surface area contributed by atoms with Crippen LogP contribution in [0.25, 0.3) is 21.9 Å². The molecule has 8 nitrogen and oxygen atoms in total. The van der Waals surface area contributed by atoms with Gasteiger partial charge < -0.3 is 33.5 Å². The molecule has 0 unspecified atom stereocenters. The summed E-state index contributed by atoms with van der Waals surface area (Å²) in [6.07, 6.45) is 0. The third-order valence-corrected chi connectivity index (χ3v) is 5.38. The van der Waals surface area contributed by atoms with Crippen LogP contribution in [0.5, 0.6) is 34.5 Å². The van der Waals surface area contributed by atoms with Gasteiger partial charge in [-0.05, 0) is 23.8 Å². The van der Waals surface area contributed by atoms with Gasteiger partial charge in [0.05, 0.1) is 47.7 Å². The van der Waals surface area contributed by atoms with Gasteiger partial charge in [0.1, 0.15) is 5.75 Å². The van der Waals surface area contributed by atoms with Gasteiger partial charge in [-0.2, -0.15) is 0 Å². The van der Waals surface area contributed by atoms with Crippen LogP contribution in [0.3, 0.4) is 0 Å². The van der Waals surface area contributed by atoms with Crippen molar-refractivity contribution in [3.8, 4) is 45.6 Å². The van der Waals surface area contributed by atoms with Crippen LogP contribution >= 0.6 is 0 Å². The zero-order chi connectivity index (χ0) is 22.3. The van der Waals surface area contributed by atoms with Crippen LogP contribution in [-0.4, -0.2) is 46.6 Å². The fourth-order valence-corrected chi connectivity index (χ4v) is 4.05. The van der Waals surface area contributed by atoms with Crippen LogP contribution < -0.4 is 28.4 Å². The normalized spacial score (nSPS) is 12.0. The number of carbonyl (C=O) groups is 1. The fourth-order valence-electron chi connectivity index (χ4n) is 4.05. The predicted molar refractivity (Wildman–Crippen MR) is 113 cm³/mol. The van der Waals surface area contributed by atoms with Crippen molar-refractivity contribution < 1.29 is 38.3 Å². The number of aliphatic hydroxyl groups excluding tert-OH is 1. The molecule has 0 fully saturated rings. The number of ether oxygens (including phenoxy) is 6. The zero-order valence-electron chi connectivity index (χ0n) is 17.8. The van der Waals surface area contributed by atoms with Crippen molar-refractivity contribution in [3.05, 3.63) is 35.4 Å². The summed E-state index contributed by atoms with van der Waals surface area (Å²) in [6, 6.07) is 7.01. The average Bonchev–Trinajstić information content (AvgIpc) is 3.07. The first-order chi connectivity index (χ1) is 15.0. The Morgan fingerprint density at radius 3 is 2.06 bits per heavy atom. The Morgan fingerprint density at radius 1 is 0.806 bits per heavy atom. The zero-order valence-corrected chi connectivity index (χ0v) is 17.8. The summed E-state index contributed by atoms with van der Waals surface area (Å²) in [7, 11) is 7.60. The van der Waals surface area contributed by atoms with Crippen LogP contribution in [0.1, 0.15) is 15.9 Å². The second-order valence-corrected chi connectivity index (χ2v) is 6.74. The molecule has 0 spiro atoms. The van der Waals surface area contributed by atoms with Crippen LogP contribution in [0.4, 0.5) is 0 Å². The highest BCUT2D eigenvalue weighted by atomic mass is 16.5. The van der Waals surface area contributed by atoms with Gasteiger partial charge in [0, 0.05) is 21.9 Å². The first-order valence-corrected chi connectivity index (χ1v) is 9.41. The van der Waals surface area contributed by atoms with Gasteiger partial charge >= 0.3 is 5.97 Å². The third kappa shape index (κ3) is 2.90. The van der Waals surface area contributed by atoms with Crippen LogP contribution in [0.15, 0.2) is 24.3 Å². The predicted octanol–water partition coefficient (Wildman–Crippen LogP) is 3.57. The monoisotopic (exact) mass is 426 g/mol. The van der Waals surface area contributed by atoms with E-state index in [0.717, 1.165) is 0 Å². The maximum atomic E-state index is 12.9. The molecule has 2 bridgehead atoms. The highest BCUT2D eigenvalue weighted by Crippen LogP contribution is 2.54. The minimum absolute atomic E-state index is 0.266. The Morgan fingerprint density at radius 2 is 1.48 bits per heavy atom. The summed E-state index contributed by atoms with van der Waals surface area (Å²) in [4.78, 5) is 12.9. The molecule has 1 N–H and O–H groups in total. The number of rotatable bonds is 7. The lowest BCUT2D eigenvalue weighted by Crippen LogP contribution is -2.03. The molecule has 162 valence electrons. The Hall–Kier alpha value is -3.65. The lowest BCUT2D eigenvalue weighted by atomic mass is 9.89. The third-order valence-electron chi connectivity index (χ3n) is 5.38. The number of benzene rings is 3. The lowest BCUT2D eigenvalue weighted by Gasteiger charge is -2.19. The Balaban J connectivity index is 2.22. The molecule has 0 saturated heterocycles. The topological polar surface area (TPSA) is 92.7 Å². The van der Waals surface area contributed by atoms with Crippen LogP contribution in [-0.2, 0) is 6.61 Å². The first-order valence-electron chi connectivity index (χ1n) is 9.41. The Kier molecular flexibility index (Phi) is 5.24. The minimum atomic E-state index is -0.556. The van der Waals surface area contributed by atoms with E-state index in [4.69, 9.17) is 28.4 Å². The van der Waals surface area contributed by atoms with Gasteiger partial charge in [0.15, 0.2) is 23.0 Å². The summed E-state index contributed by atoms with van der Waals surface area (Å²) in [5.74, 6) is 1.91. The minimum Gasteiger partial charge on any atom is -0.493 e. The molecular weight excluding hydrogens is 404 g/mol. The van der Waals surface area contributed by atoms with Gasteiger partial charge in [-0.25, -0.2) is 4.79 Å². The summed E-state index contributed by atoms with van der Waals surface area (Å²) in [5, 5.41) is 11.2. The van der Waals surface area contributed by atoms with E-state index in [9.17, 15) is 9.90 Å². The highest BCUT2D eigenvalue weighted by Gasteiger charge is 2.36. The highest BCUT2D eigenvalue weighted by molar-refractivity contribution is 6.19. The molecule has 0 radical (unpaired) electrons. The van der Waals surface area contributed by atoms with Gasteiger partial charge in [0.2, 0.25) is 5.75 Å². The molecule has 4 rings (SSSR count). The SMILES string of the molecule is COc1ccc(-c2c3c(CO)c(c4cc(OC)c(OC)c(OC)c24)OC3=O)cc1OC. The molecule has 0 aliphatic carbocycles. The van der Waals surface area contributed by atoms with E-state index in [0.29, 0.717) is 56.2 Å². The maximum Gasteiger partial charge on any atom is 0.344 e. The number of carbonyl (C=O) groups excluding carboxylic acids is 1. The quantitative estimate of drug-likeness (QED) is 0.573. The van der Waals surface area contributed by atoms with Crippen molar-refractivity contribution in [1.82, 2.24) is 0 Å². The second-order valence-electron chi connectivity index (χ2n) is 6.74. The number of hydrogen-bond donors (Lipinski definition) is 1. The number of aliphatic hydroxyl groups is 1. The summed E-state index contributed by atoms with van der Waals surface area (Å²) in [6.45, 7) is -0.372. The van der Waals surface area contributed by atoms with E-state index < -0.39 is 5.97 Å². The number of hydrogen-bond acceptors (Lipinski definition) is 8. The largest absolute Gasteiger partial charge is 0.493 e. The van der Waals surface area contributed by atoms with E-state index >= 15 is 0 Å². The van der Waals surface area contributed by atoms with Crippen molar-refractivity contribution in [1.29, 1.82) is 0 Å². The molecule has 1 aliphatic rings. The molecule has 0 aromatic heterocycles. The van der Waals surface area contributed by atoms with Gasteiger partial charge in [0.25, 0.3) is 0 Å². The molecule has 31 heavy (non-hydrogen) atoms. The second kappa shape index (κ2) is 7.88. The van der Waals surface area contributed by atoms with Crippen LogP contribution in [0, 0.1) is 0 Å². The number of esters is 1. The Bertz CT molecular complexity index is 1200. The van der Waals surface area contributed by atoms with Gasteiger partial charge in [-0.15, -0.1) is 0 Å². The van der Waals surface area contributed by atoms with Crippen molar-refractivity contribution >= 4 is 16.7 Å². The van der Waals surface area contributed by atoms with Crippen molar-refractivity contribution in [3.63, 3.8) is 0 Å². The molecule has 1 aliphatic heterocycles. The summed E-state index contributed by atoms with van der Waals surface area (Å²) >= 11 is 0. The molecule has 3 aromatic rings. The first kappa shape index (κ1) is 20.6. The number of fused-ring (bicyclic) bond motifs is 4. The summed E-state index contributed by atoms with van der Waals surface area (Å²) in [5.41, 5.74) is 1.85. The van der Waals surface area contributed by atoms with Crippen molar-refractivity contribution in [2.24, 2.45) is 0 Å². The van der Waals surface area contributed by atoms with E-state index in [1.54, 1.807) is 31.4 Å². The fraction of sp³-hybridized carbons (Fsp3) is 0.261. The maximum absolute atomic E-state index is 12.9. The van der Waals surface area contributed by atoms with Crippen molar-refractivity contribution in [2.75, 3.05) is 35.5 Å². The van der Waals surface area contributed by atoms with E-state index in [2.05, 4.69) is 0 Å². The molecule has 0 saturated carbocycles. The molecule has 1 heterocycles. The van der Waals surface area contributed by atoms with E-state index in [-0.39, 0.29) is 17.9 Å². The smallest absolute Gasteiger partial charge is 0.344 e. The molecule has 3 aromatic carbocycles. The number of methoxy groups -OCH3 is 5. The Labute approximate surface area is 178 Å². The summed E-state index contributed by atoms with van der Waals surface area (Å²) < 4.78 is 33.1. The molecule has 0 atom stereocenters. The standard InChI is InChI=1S/C23H22O8/c1-26-14-7-6-11(8-15(14)27-2)17-18-12(20-13(10-24)19(17)23(25)31-20)9-16(28-3)21(29-4)22(18)30-5/h6-9,24H,10H2,1-5H3. The van der Waals surface area contributed by atoms with Gasteiger partial charge in [-0.1, -0.05) is 6.07 Å². The van der Waals surface area contributed by atoms with Crippen LogP contribution in [0.2, 0.25) is 0 Å². The average molecular weight is 426 g/mol. The van der Waals surface area contributed by atoms with Gasteiger partial charge in [-0.3, -0.25) is 0 Å². The molecule has 0 amide bonds. The molecular formula is C23H22O8.